The molecule has 2 aromatic rings. The molecule has 1 aromatic heterocycles. The molecule has 1 aromatic carbocycles. The summed E-state index contributed by atoms with van der Waals surface area (Å²) in [4.78, 5) is 14.0. The SMILES string of the molecule is Cc1ccc(CC2CCN(C(=O)CNS(=O)(=O)c3cccs3)C2)cc1F. The molecule has 1 unspecified atom stereocenters. The molecule has 8 heteroatoms. The van der Waals surface area contributed by atoms with Crippen LogP contribution in [0.2, 0.25) is 0 Å². The molecule has 1 fully saturated rings. The summed E-state index contributed by atoms with van der Waals surface area (Å²) in [6.07, 6.45) is 1.54. The van der Waals surface area contributed by atoms with Crippen LogP contribution in [0.4, 0.5) is 4.39 Å². The number of carbonyl (C=O) groups is 1. The normalized spacial score (nSPS) is 17.6. The second-order valence-corrected chi connectivity index (χ2v) is 9.48. The highest BCUT2D eigenvalue weighted by molar-refractivity contribution is 7.91. The molecule has 0 radical (unpaired) electrons. The van der Waals surface area contributed by atoms with Crippen LogP contribution < -0.4 is 4.72 Å². The van der Waals surface area contributed by atoms with E-state index in [0.717, 1.165) is 23.3 Å². The second-order valence-electron chi connectivity index (χ2n) is 6.54. The lowest BCUT2D eigenvalue weighted by Crippen LogP contribution is -2.38. The lowest BCUT2D eigenvalue weighted by Gasteiger charge is -2.17. The molecule has 26 heavy (non-hydrogen) atoms. The van der Waals surface area contributed by atoms with E-state index in [1.807, 2.05) is 6.07 Å². The lowest BCUT2D eigenvalue weighted by molar-refractivity contribution is -0.129. The Kier molecular flexibility index (Phi) is 5.74. The molecular weight excluding hydrogens is 375 g/mol. The molecular formula is C18H21FN2O3S2. The number of hydrogen-bond acceptors (Lipinski definition) is 4. The third-order valence-electron chi connectivity index (χ3n) is 4.57. The van der Waals surface area contributed by atoms with Gasteiger partial charge in [-0.15, -0.1) is 11.3 Å². The Morgan fingerprint density at radius 2 is 2.19 bits per heavy atom. The van der Waals surface area contributed by atoms with Gasteiger partial charge in [-0.1, -0.05) is 18.2 Å². The molecule has 1 saturated heterocycles. The zero-order valence-corrected chi connectivity index (χ0v) is 16.1. The summed E-state index contributed by atoms with van der Waals surface area (Å²) in [5.74, 6) is -0.186. The van der Waals surface area contributed by atoms with Crippen molar-refractivity contribution in [2.45, 2.75) is 24.0 Å². The first-order valence-corrected chi connectivity index (χ1v) is 10.8. The van der Waals surface area contributed by atoms with Gasteiger partial charge in [0.1, 0.15) is 10.0 Å². The van der Waals surface area contributed by atoms with E-state index in [-0.39, 0.29) is 28.4 Å². The van der Waals surface area contributed by atoms with Crippen molar-refractivity contribution in [2.24, 2.45) is 5.92 Å². The molecule has 5 nitrogen and oxygen atoms in total. The average molecular weight is 397 g/mol. The number of sulfonamides is 1. The molecule has 1 amide bonds. The second kappa shape index (κ2) is 7.85. The summed E-state index contributed by atoms with van der Waals surface area (Å²) in [6, 6.07) is 8.39. The van der Waals surface area contributed by atoms with Gasteiger partial charge < -0.3 is 4.90 Å². The number of hydrogen-bond donors (Lipinski definition) is 1. The summed E-state index contributed by atoms with van der Waals surface area (Å²) in [5.41, 5.74) is 1.54. The molecule has 2 heterocycles. The molecule has 1 atom stereocenters. The van der Waals surface area contributed by atoms with Crippen molar-refractivity contribution in [3.63, 3.8) is 0 Å². The van der Waals surface area contributed by atoms with Crippen LogP contribution in [0.5, 0.6) is 0 Å². The molecule has 0 bridgehead atoms. The number of amides is 1. The Labute approximate surface area is 156 Å². The molecule has 1 aliphatic heterocycles. The van der Waals surface area contributed by atoms with Crippen molar-refractivity contribution in [3.05, 3.63) is 52.7 Å². The molecule has 1 aliphatic rings. The minimum Gasteiger partial charge on any atom is -0.341 e. The van der Waals surface area contributed by atoms with Crippen LogP contribution in [0.1, 0.15) is 17.5 Å². The van der Waals surface area contributed by atoms with Crippen molar-refractivity contribution >= 4 is 27.3 Å². The molecule has 0 saturated carbocycles. The van der Waals surface area contributed by atoms with E-state index in [4.69, 9.17) is 0 Å². The summed E-state index contributed by atoms with van der Waals surface area (Å²) in [5, 5.41) is 1.68. The van der Waals surface area contributed by atoms with Gasteiger partial charge in [0, 0.05) is 13.1 Å². The monoisotopic (exact) mass is 396 g/mol. The first-order chi connectivity index (χ1) is 12.3. The minimum atomic E-state index is -3.63. The molecule has 140 valence electrons. The van der Waals surface area contributed by atoms with Crippen LogP contribution in [0, 0.1) is 18.7 Å². The van der Waals surface area contributed by atoms with Crippen LogP contribution in [0.3, 0.4) is 0 Å². The van der Waals surface area contributed by atoms with Gasteiger partial charge in [0.05, 0.1) is 6.54 Å². The van der Waals surface area contributed by atoms with Gasteiger partial charge in [0.2, 0.25) is 5.91 Å². The summed E-state index contributed by atoms with van der Waals surface area (Å²) >= 11 is 1.11. The summed E-state index contributed by atoms with van der Waals surface area (Å²) < 4.78 is 40.4. The van der Waals surface area contributed by atoms with Gasteiger partial charge in [-0.2, -0.15) is 0 Å². The zero-order chi connectivity index (χ0) is 18.7. The van der Waals surface area contributed by atoms with Crippen molar-refractivity contribution in [3.8, 4) is 0 Å². The number of benzene rings is 1. The Morgan fingerprint density at radius 1 is 1.38 bits per heavy atom. The first kappa shape index (κ1) is 19.0. The quantitative estimate of drug-likeness (QED) is 0.816. The van der Waals surface area contributed by atoms with Gasteiger partial charge in [-0.05, 0) is 54.3 Å². The van der Waals surface area contributed by atoms with E-state index < -0.39 is 10.0 Å². The summed E-state index contributed by atoms with van der Waals surface area (Å²) in [7, 11) is -3.63. The van der Waals surface area contributed by atoms with Crippen LogP contribution >= 0.6 is 11.3 Å². The fraction of sp³-hybridized carbons (Fsp3) is 0.389. The topological polar surface area (TPSA) is 66.5 Å². The molecule has 0 aliphatic carbocycles. The van der Waals surface area contributed by atoms with E-state index >= 15 is 0 Å². The van der Waals surface area contributed by atoms with E-state index in [2.05, 4.69) is 4.72 Å². The van der Waals surface area contributed by atoms with Crippen LogP contribution in [-0.2, 0) is 21.2 Å². The van der Waals surface area contributed by atoms with Gasteiger partial charge in [-0.25, -0.2) is 17.5 Å². The maximum Gasteiger partial charge on any atom is 0.250 e. The fourth-order valence-electron chi connectivity index (χ4n) is 3.08. The highest BCUT2D eigenvalue weighted by atomic mass is 32.2. The number of likely N-dealkylation sites (tertiary alicyclic amines) is 1. The summed E-state index contributed by atoms with van der Waals surface area (Å²) in [6.45, 7) is 2.64. The largest absolute Gasteiger partial charge is 0.341 e. The number of rotatable bonds is 6. The zero-order valence-electron chi connectivity index (χ0n) is 14.4. The number of halogens is 1. The maximum atomic E-state index is 13.7. The van der Waals surface area contributed by atoms with E-state index in [1.165, 1.54) is 6.07 Å². The highest BCUT2D eigenvalue weighted by Gasteiger charge is 2.27. The van der Waals surface area contributed by atoms with Crippen molar-refractivity contribution in [2.75, 3.05) is 19.6 Å². The predicted octanol–water partition coefficient (Wildman–Crippen LogP) is 2.57. The minimum absolute atomic E-state index is 0.200. The Morgan fingerprint density at radius 3 is 2.88 bits per heavy atom. The van der Waals surface area contributed by atoms with Crippen LogP contribution in [0.15, 0.2) is 39.9 Å². The standard InChI is InChI=1S/C18H21FN2O3S2/c1-13-4-5-14(10-16(13)19)9-15-6-7-21(12-15)17(22)11-20-26(23,24)18-3-2-8-25-18/h2-5,8,10,15,20H,6-7,9,11-12H2,1H3. The number of thiophene rings is 1. The number of nitrogens with zero attached hydrogens (tertiary/aromatic N) is 1. The van der Waals surface area contributed by atoms with Crippen molar-refractivity contribution in [1.29, 1.82) is 0 Å². The van der Waals surface area contributed by atoms with Crippen molar-refractivity contribution < 1.29 is 17.6 Å². The van der Waals surface area contributed by atoms with Gasteiger partial charge in [0.25, 0.3) is 10.0 Å². The number of carbonyl (C=O) groups excluding carboxylic acids is 1. The number of nitrogens with one attached hydrogen (secondary N) is 1. The Bertz CT molecular complexity index is 882. The Hall–Kier alpha value is -1.77. The van der Waals surface area contributed by atoms with Gasteiger partial charge in [0.15, 0.2) is 0 Å². The maximum absolute atomic E-state index is 13.7. The molecule has 0 spiro atoms. The highest BCUT2D eigenvalue weighted by Crippen LogP contribution is 2.22. The lowest BCUT2D eigenvalue weighted by atomic mass is 9.98. The van der Waals surface area contributed by atoms with E-state index in [0.29, 0.717) is 25.1 Å². The smallest absolute Gasteiger partial charge is 0.250 e. The number of aryl methyl sites for hydroxylation is 1. The fourth-order valence-corrected chi connectivity index (χ4v) is 5.09. The average Bonchev–Trinajstić information content (AvgIpc) is 3.28. The van der Waals surface area contributed by atoms with Crippen LogP contribution in [-0.4, -0.2) is 38.9 Å². The molecule has 1 N–H and O–H groups in total. The van der Waals surface area contributed by atoms with Gasteiger partial charge in [-0.3, -0.25) is 4.79 Å². The Balaban J connectivity index is 1.51. The van der Waals surface area contributed by atoms with E-state index in [9.17, 15) is 17.6 Å². The van der Waals surface area contributed by atoms with E-state index in [1.54, 1.807) is 35.4 Å². The predicted molar refractivity (Wildman–Crippen MR) is 99.0 cm³/mol. The molecule has 3 rings (SSSR count). The third kappa shape index (κ3) is 4.49. The van der Waals surface area contributed by atoms with Crippen LogP contribution in [0.25, 0.3) is 0 Å². The van der Waals surface area contributed by atoms with Gasteiger partial charge >= 0.3 is 0 Å². The third-order valence-corrected chi connectivity index (χ3v) is 7.37. The van der Waals surface area contributed by atoms with Crippen molar-refractivity contribution in [1.82, 2.24) is 9.62 Å². The first-order valence-electron chi connectivity index (χ1n) is 8.41.